The van der Waals surface area contributed by atoms with Crippen LogP contribution < -0.4 is 14.2 Å². The zero-order valence-corrected chi connectivity index (χ0v) is 24.3. The lowest BCUT2D eigenvalue weighted by molar-refractivity contribution is 0.0725. The molecule has 5 aromatic carbocycles. The van der Waals surface area contributed by atoms with E-state index in [1.54, 1.807) is 116 Å². The highest BCUT2D eigenvalue weighted by atomic mass is 16.5. The van der Waals surface area contributed by atoms with Crippen molar-refractivity contribution in [1.29, 1.82) is 0 Å². The smallest absolute Gasteiger partial charge is 0.343 e. The zero-order valence-electron chi connectivity index (χ0n) is 24.3. The number of benzene rings is 5. The predicted molar refractivity (Wildman–Crippen MR) is 167 cm³/mol. The molecular formula is C35H28N4O5. The number of carbonyl (C=O) groups excluding carboxylic acids is 2. The van der Waals surface area contributed by atoms with E-state index in [4.69, 9.17) is 14.2 Å². The molecule has 0 aliphatic carbocycles. The summed E-state index contributed by atoms with van der Waals surface area (Å²) in [4.78, 5) is 24.8. The van der Waals surface area contributed by atoms with Gasteiger partial charge in [0.2, 0.25) is 0 Å². The maximum atomic E-state index is 12.4. The Morgan fingerprint density at radius 2 is 0.932 bits per heavy atom. The Kier molecular flexibility index (Phi) is 9.26. The fourth-order valence-electron chi connectivity index (χ4n) is 4.05. The second-order valence-electron chi connectivity index (χ2n) is 9.69. The molecule has 0 aliphatic heterocycles. The molecule has 5 rings (SSSR count). The Balaban J connectivity index is 1.17. The molecular weight excluding hydrogens is 556 g/mol. The van der Waals surface area contributed by atoms with Crippen molar-refractivity contribution in [3.63, 3.8) is 0 Å². The summed E-state index contributed by atoms with van der Waals surface area (Å²) in [5.74, 6) is 0.624. The maximum absolute atomic E-state index is 12.4. The number of esters is 2. The summed E-state index contributed by atoms with van der Waals surface area (Å²) in [7, 11) is 1.57. The van der Waals surface area contributed by atoms with Gasteiger partial charge in [-0.15, -0.1) is 0 Å². The average molecular weight is 585 g/mol. The van der Waals surface area contributed by atoms with Crippen LogP contribution in [0.4, 0.5) is 22.7 Å². The predicted octanol–water partition coefficient (Wildman–Crippen LogP) is 9.58. The number of hydrogen-bond donors (Lipinski definition) is 0. The summed E-state index contributed by atoms with van der Waals surface area (Å²) in [6.07, 6.45) is 0. The third-order valence-electron chi connectivity index (χ3n) is 6.49. The minimum Gasteiger partial charge on any atom is -0.497 e. The first-order valence-corrected chi connectivity index (χ1v) is 13.7. The Bertz CT molecular complexity index is 1830. The van der Waals surface area contributed by atoms with Crippen LogP contribution in [0, 0.1) is 13.8 Å². The topological polar surface area (TPSA) is 111 Å². The third-order valence-corrected chi connectivity index (χ3v) is 6.49. The quantitative estimate of drug-likeness (QED) is 0.0973. The number of aryl methyl sites for hydroxylation is 2. The minimum absolute atomic E-state index is 0.412. The zero-order chi connectivity index (χ0) is 30.9. The lowest BCUT2D eigenvalue weighted by Gasteiger charge is -2.07. The van der Waals surface area contributed by atoms with Crippen LogP contribution in [-0.2, 0) is 0 Å². The van der Waals surface area contributed by atoms with Gasteiger partial charge in [-0.05, 0) is 122 Å². The SMILES string of the molecule is COc1ccc(C(=O)Oc2ccc(N=Nc3ccc(N=Nc4ccc(OC(=O)c5ccccc5)cc4C)cc3)c(C)c2)cc1. The number of nitrogens with zero attached hydrogens (tertiary/aromatic N) is 4. The molecule has 0 amide bonds. The summed E-state index contributed by atoms with van der Waals surface area (Å²) < 4.78 is 16.1. The van der Waals surface area contributed by atoms with Gasteiger partial charge in [0.1, 0.15) is 17.2 Å². The standard InChI is InChI=1S/C35H28N4O5/c1-23-21-30(43-34(40)25-7-5-4-6-8-25)17-19-32(23)38-36-27-11-13-28(14-12-27)37-39-33-20-18-31(22-24(33)2)44-35(41)26-9-15-29(42-3)16-10-26/h4-22H,1-3H3. The molecule has 0 heterocycles. The first-order valence-electron chi connectivity index (χ1n) is 13.7. The van der Waals surface area contributed by atoms with Crippen molar-refractivity contribution in [2.24, 2.45) is 20.5 Å². The largest absolute Gasteiger partial charge is 0.497 e. The Morgan fingerprint density at radius 3 is 1.36 bits per heavy atom. The first-order chi connectivity index (χ1) is 21.4. The normalized spacial score (nSPS) is 11.1. The summed E-state index contributed by atoms with van der Waals surface area (Å²) in [6, 6.07) is 33.0. The van der Waals surface area contributed by atoms with Crippen LogP contribution >= 0.6 is 0 Å². The monoisotopic (exact) mass is 584 g/mol. The second kappa shape index (κ2) is 13.8. The molecule has 218 valence electrons. The molecule has 0 spiro atoms. The van der Waals surface area contributed by atoms with Crippen LogP contribution in [0.15, 0.2) is 136 Å². The molecule has 44 heavy (non-hydrogen) atoms. The molecule has 0 saturated carbocycles. The molecule has 0 saturated heterocycles. The Morgan fingerprint density at radius 1 is 0.500 bits per heavy atom. The molecule has 0 aromatic heterocycles. The minimum atomic E-state index is -0.463. The van der Waals surface area contributed by atoms with E-state index >= 15 is 0 Å². The van der Waals surface area contributed by atoms with Crippen LogP contribution in [0.5, 0.6) is 17.2 Å². The first kappa shape index (κ1) is 29.5. The van der Waals surface area contributed by atoms with E-state index in [-0.39, 0.29) is 0 Å². The number of rotatable bonds is 9. The lowest BCUT2D eigenvalue weighted by atomic mass is 10.2. The molecule has 0 radical (unpaired) electrons. The van der Waals surface area contributed by atoms with Crippen LogP contribution in [0.1, 0.15) is 31.8 Å². The van der Waals surface area contributed by atoms with Gasteiger partial charge in [-0.2, -0.15) is 20.5 Å². The van der Waals surface area contributed by atoms with Gasteiger partial charge in [0, 0.05) is 0 Å². The number of azo groups is 2. The molecule has 9 heteroatoms. The molecule has 0 fully saturated rings. The maximum Gasteiger partial charge on any atom is 0.343 e. The van der Waals surface area contributed by atoms with E-state index in [1.807, 2.05) is 19.9 Å². The average Bonchev–Trinajstić information content (AvgIpc) is 3.05. The van der Waals surface area contributed by atoms with E-state index in [0.29, 0.717) is 51.1 Å². The summed E-state index contributed by atoms with van der Waals surface area (Å²) in [5.41, 5.74) is 5.10. The van der Waals surface area contributed by atoms with E-state index in [0.717, 1.165) is 11.1 Å². The highest BCUT2D eigenvalue weighted by Crippen LogP contribution is 2.29. The summed E-state index contributed by atoms with van der Waals surface area (Å²) >= 11 is 0. The van der Waals surface area contributed by atoms with E-state index in [2.05, 4.69) is 20.5 Å². The van der Waals surface area contributed by atoms with Gasteiger partial charge in [0.25, 0.3) is 0 Å². The molecule has 0 aliphatic rings. The van der Waals surface area contributed by atoms with Crippen molar-refractivity contribution >= 4 is 34.7 Å². The number of ether oxygens (including phenoxy) is 3. The van der Waals surface area contributed by atoms with Gasteiger partial charge in [-0.3, -0.25) is 0 Å². The van der Waals surface area contributed by atoms with E-state index in [9.17, 15) is 9.59 Å². The molecule has 9 nitrogen and oxygen atoms in total. The molecule has 0 bridgehead atoms. The Labute approximate surface area is 254 Å². The van der Waals surface area contributed by atoms with Gasteiger partial charge in [0.05, 0.1) is 41.0 Å². The van der Waals surface area contributed by atoms with Gasteiger partial charge in [-0.25, -0.2) is 9.59 Å². The third kappa shape index (κ3) is 7.65. The summed E-state index contributed by atoms with van der Waals surface area (Å²) in [5, 5.41) is 17.3. The van der Waals surface area contributed by atoms with Crippen molar-refractivity contribution in [3.8, 4) is 17.2 Å². The van der Waals surface area contributed by atoms with Gasteiger partial charge < -0.3 is 14.2 Å². The van der Waals surface area contributed by atoms with Crippen molar-refractivity contribution in [1.82, 2.24) is 0 Å². The lowest BCUT2D eigenvalue weighted by Crippen LogP contribution is -2.08. The Hall–Kier alpha value is -5.96. The van der Waals surface area contributed by atoms with Crippen LogP contribution in [0.3, 0.4) is 0 Å². The molecule has 5 aromatic rings. The highest BCUT2D eigenvalue weighted by Gasteiger charge is 2.11. The number of methoxy groups -OCH3 is 1. The van der Waals surface area contributed by atoms with Crippen molar-refractivity contribution < 1.29 is 23.8 Å². The molecule has 0 atom stereocenters. The van der Waals surface area contributed by atoms with Gasteiger partial charge >= 0.3 is 11.9 Å². The summed E-state index contributed by atoms with van der Waals surface area (Å²) in [6.45, 7) is 3.74. The van der Waals surface area contributed by atoms with Crippen LogP contribution in [0.2, 0.25) is 0 Å². The van der Waals surface area contributed by atoms with Crippen LogP contribution in [-0.4, -0.2) is 19.0 Å². The molecule has 0 unspecified atom stereocenters. The van der Waals surface area contributed by atoms with E-state index in [1.165, 1.54) is 0 Å². The fourth-order valence-corrected chi connectivity index (χ4v) is 4.05. The number of hydrogen-bond acceptors (Lipinski definition) is 9. The van der Waals surface area contributed by atoms with Crippen LogP contribution in [0.25, 0.3) is 0 Å². The van der Waals surface area contributed by atoms with Gasteiger partial charge in [-0.1, -0.05) is 18.2 Å². The number of carbonyl (C=O) groups is 2. The highest BCUT2D eigenvalue weighted by molar-refractivity contribution is 5.91. The van der Waals surface area contributed by atoms with Crippen molar-refractivity contribution in [3.05, 3.63) is 138 Å². The van der Waals surface area contributed by atoms with E-state index < -0.39 is 11.9 Å². The second-order valence-corrected chi connectivity index (χ2v) is 9.69. The van der Waals surface area contributed by atoms with Crippen molar-refractivity contribution in [2.45, 2.75) is 13.8 Å². The fraction of sp³-hybridized carbons (Fsp3) is 0.0857. The molecule has 0 N–H and O–H groups in total. The van der Waals surface area contributed by atoms with Gasteiger partial charge in [0.15, 0.2) is 0 Å². The van der Waals surface area contributed by atoms with Crippen molar-refractivity contribution in [2.75, 3.05) is 7.11 Å².